The second-order valence-corrected chi connectivity index (χ2v) is 5.06. The Hall–Kier alpha value is -2.01. The van der Waals surface area contributed by atoms with Crippen molar-refractivity contribution in [2.75, 3.05) is 0 Å². The molecule has 1 aromatic heterocycles. The van der Waals surface area contributed by atoms with E-state index in [0.717, 1.165) is 17.8 Å². The molecule has 110 valence electrons. The Morgan fingerprint density at radius 3 is 2.62 bits per heavy atom. The molecule has 2 aromatic rings. The second-order valence-electron chi connectivity index (χ2n) is 4.70. The molecule has 6 heteroatoms. The average molecular weight is 311 g/mol. The number of hydrogen-bond acceptors (Lipinski definition) is 2. The van der Waals surface area contributed by atoms with Gasteiger partial charge in [0.1, 0.15) is 16.8 Å². The number of carbonyl (C=O) groups is 1. The van der Waals surface area contributed by atoms with Crippen LogP contribution in [-0.2, 0) is 6.42 Å². The number of carbonyl (C=O) groups excluding carboxylic acids is 1. The largest absolute Gasteiger partial charge is 0.349 e. The van der Waals surface area contributed by atoms with Crippen molar-refractivity contribution < 1.29 is 13.6 Å². The first-order valence-electron chi connectivity index (χ1n) is 6.32. The fourth-order valence-electron chi connectivity index (χ4n) is 1.91. The number of hydrogen-bond donors (Lipinski definition) is 1. The number of nitrogens with one attached hydrogen (secondary N) is 1. The minimum atomic E-state index is -0.629. The third-order valence-electron chi connectivity index (χ3n) is 2.88. The lowest BCUT2D eigenvalue weighted by atomic mass is 10.1. The van der Waals surface area contributed by atoms with Crippen molar-refractivity contribution in [1.29, 1.82) is 0 Å². The molecule has 0 aliphatic heterocycles. The molecule has 0 aliphatic carbocycles. The van der Waals surface area contributed by atoms with Gasteiger partial charge >= 0.3 is 0 Å². The summed E-state index contributed by atoms with van der Waals surface area (Å²) in [6.45, 7) is 1.79. The molecular weight excluding hydrogens is 298 g/mol. The number of pyridine rings is 1. The Bertz CT molecular complexity index is 647. The zero-order valence-corrected chi connectivity index (χ0v) is 12.0. The third-order valence-corrected chi connectivity index (χ3v) is 3.18. The fourth-order valence-corrected chi connectivity index (χ4v) is 2.10. The van der Waals surface area contributed by atoms with Gasteiger partial charge in [0.05, 0.1) is 11.8 Å². The van der Waals surface area contributed by atoms with Gasteiger partial charge in [0.2, 0.25) is 0 Å². The van der Waals surface area contributed by atoms with Crippen LogP contribution in [0.15, 0.2) is 36.5 Å². The molecule has 21 heavy (non-hydrogen) atoms. The zero-order valence-electron chi connectivity index (χ0n) is 11.2. The van der Waals surface area contributed by atoms with Crippen molar-refractivity contribution >= 4 is 17.5 Å². The van der Waals surface area contributed by atoms with Crippen LogP contribution in [-0.4, -0.2) is 16.9 Å². The molecule has 1 N–H and O–H groups in total. The average Bonchev–Trinajstić information content (AvgIpc) is 2.44. The quantitative estimate of drug-likeness (QED) is 0.880. The number of nitrogens with zero attached hydrogens (tertiary/aromatic N) is 1. The minimum Gasteiger partial charge on any atom is -0.349 e. The summed E-state index contributed by atoms with van der Waals surface area (Å²) in [4.78, 5) is 15.6. The Morgan fingerprint density at radius 2 is 1.95 bits per heavy atom. The van der Waals surface area contributed by atoms with Gasteiger partial charge < -0.3 is 5.32 Å². The molecule has 0 bridgehead atoms. The first-order chi connectivity index (χ1) is 9.95. The van der Waals surface area contributed by atoms with E-state index in [1.807, 2.05) is 0 Å². The van der Waals surface area contributed by atoms with Crippen molar-refractivity contribution in [2.45, 2.75) is 19.4 Å². The second kappa shape index (κ2) is 6.63. The Balaban J connectivity index is 2.01. The maximum atomic E-state index is 13.1. The van der Waals surface area contributed by atoms with E-state index in [4.69, 9.17) is 11.6 Å². The molecule has 0 saturated carbocycles. The number of amides is 1. The molecule has 0 aliphatic rings. The SMILES string of the molecule is CC(Cc1ccc(F)cc1)NC(=O)c1cc(F)cnc1Cl. The summed E-state index contributed by atoms with van der Waals surface area (Å²) in [7, 11) is 0. The molecule has 0 spiro atoms. The standard InChI is InChI=1S/C15H13ClF2N2O/c1-9(6-10-2-4-11(17)5-3-10)20-15(21)13-7-12(18)8-19-14(13)16/h2-5,7-9H,6H2,1H3,(H,20,21). The van der Waals surface area contributed by atoms with E-state index in [1.165, 1.54) is 12.1 Å². The van der Waals surface area contributed by atoms with E-state index >= 15 is 0 Å². The van der Waals surface area contributed by atoms with Crippen LogP contribution >= 0.6 is 11.6 Å². The number of aromatic nitrogens is 1. The van der Waals surface area contributed by atoms with Crippen LogP contribution in [0.3, 0.4) is 0 Å². The molecule has 1 amide bonds. The van der Waals surface area contributed by atoms with Gasteiger partial charge in [-0.15, -0.1) is 0 Å². The van der Waals surface area contributed by atoms with E-state index in [1.54, 1.807) is 19.1 Å². The maximum absolute atomic E-state index is 13.1. The fraction of sp³-hybridized carbons (Fsp3) is 0.200. The summed E-state index contributed by atoms with van der Waals surface area (Å²) < 4.78 is 25.9. The molecule has 1 heterocycles. The highest BCUT2D eigenvalue weighted by atomic mass is 35.5. The molecule has 1 unspecified atom stereocenters. The zero-order chi connectivity index (χ0) is 15.4. The van der Waals surface area contributed by atoms with Crippen molar-refractivity contribution in [2.24, 2.45) is 0 Å². The van der Waals surface area contributed by atoms with Crippen molar-refractivity contribution in [3.63, 3.8) is 0 Å². The highest BCUT2D eigenvalue weighted by molar-refractivity contribution is 6.32. The smallest absolute Gasteiger partial charge is 0.254 e. The maximum Gasteiger partial charge on any atom is 0.254 e. The highest BCUT2D eigenvalue weighted by Crippen LogP contribution is 2.14. The lowest BCUT2D eigenvalue weighted by Crippen LogP contribution is -2.34. The van der Waals surface area contributed by atoms with Crippen LogP contribution < -0.4 is 5.32 Å². The van der Waals surface area contributed by atoms with Gasteiger partial charge in [-0.05, 0) is 37.1 Å². The third kappa shape index (κ3) is 4.23. The summed E-state index contributed by atoms with van der Waals surface area (Å²) in [6, 6.07) is 6.83. The molecule has 0 radical (unpaired) electrons. The van der Waals surface area contributed by atoms with E-state index in [-0.39, 0.29) is 22.6 Å². The minimum absolute atomic E-state index is 0.0115. The summed E-state index contributed by atoms with van der Waals surface area (Å²) in [5.74, 6) is -1.44. The molecule has 2 rings (SSSR count). The van der Waals surface area contributed by atoms with E-state index in [0.29, 0.717) is 6.42 Å². The molecule has 0 fully saturated rings. The van der Waals surface area contributed by atoms with E-state index in [9.17, 15) is 13.6 Å². The summed E-state index contributed by atoms with van der Waals surface area (Å²) in [5, 5.41) is 2.65. The van der Waals surface area contributed by atoms with Crippen LogP contribution in [0.25, 0.3) is 0 Å². The normalized spacial score (nSPS) is 12.0. The van der Waals surface area contributed by atoms with Crippen LogP contribution in [0.5, 0.6) is 0 Å². The summed E-state index contributed by atoms with van der Waals surface area (Å²) in [5.41, 5.74) is 0.871. The lowest BCUT2D eigenvalue weighted by Gasteiger charge is -2.14. The van der Waals surface area contributed by atoms with Crippen LogP contribution in [0.2, 0.25) is 5.15 Å². The topological polar surface area (TPSA) is 42.0 Å². The van der Waals surface area contributed by atoms with Crippen molar-refractivity contribution in [3.8, 4) is 0 Å². The van der Waals surface area contributed by atoms with Gasteiger partial charge in [0.25, 0.3) is 5.91 Å². The Labute approximate surface area is 126 Å². The van der Waals surface area contributed by atoms with Crippen LogP contribution in [0.4, 0.5) is 8.78 Å². The first kappa shape index (κ1) is 15.4. The van der Waals surface area contributed by atoms with E-state index in [2.05, 4.69) is 10.3 Å². The Morgan fingerprint density at radius 1 is 1.29 bits per heavy atom. The van der Waals surface area contributed by atoms with Gasteiger partial charge in [0, 0.05) is 6.04 Å². The van der Waals surface area contributed by atoms with E-state index < -0.39 is 11.7 Å². The summed E-state index contributed by atoms with van der Waals surface area (Å²) >= 11 is 5.77. The monoisotopic (exact) mass is 310 g/mol. The molecule has 3 nitrogen and oxygen atoms in total. The predicted molar refractivity (Wildman–Crippen MR) is 76.2 cm³/mol. The first-order valence-corrected chi connectivity index (χ1v) is 6.70. The van der Waals surface area contributed by atoms with Gasteiger partial charge in [0.15, 0.2) is 0 Å². The van der Waals surface area contributed by atoms with Gasteiger partial charge in [-0.3, -0.25) is 4.79 Å². The van der Waals surface area contributed by atoms with Crippen molar-refractivity contribution in [3.05, 3.63) is 64.4 Å². The number of halogens is 3. The molecular formula is C15H13ClF2N2O. The van der Waals surface area contributed by atoms with Crippen LogP contribution in [0.1, 0.15) is 22.8 Å². The molecule has 1 atom stereocenters. The molecule has 0 saturated heterocycles. The lowest BCUT2D eigenvalue weighted by molar-refractivity contribution is 0.0939. The van der Waals surface area contributed by atoms with Gasteiger partial charge in [-0.2, -0.15) is 0 Å². The highest BCUT2D eigenvalue weighted by Gasteiger charge is 2.15. The van der Waals surface area contributed by atoms with Crippen molar-refractivity contribution in [1.82, 2.24) is 10.3 Å². The van der Waals surface area contributed by atoms with Gasteiger partial charge in [-0.1, -0.05) is 23.7 Å². The predicted octanol–water partition coefficient (Wildman–Crippen LogP) is 3.37. The summed E-state index contributed by atoms with van der Waals surface area (Å²) in [6.07, 6.45) is 1.47. The molecule has 1 aromatic carbocycles. The van der Waals surface area contributed by atoms with Gasteiger partial charge in [-0.25, -0.2) is 13.8 Å². The number of benzene rings is 1. The Kier molecular flexibility index (Phi) is 4.85. The number of rotatable bonds is 4. The van der Waals surface area contributed by atoms with Crippen LogP contribution in [0, 0.1) is 11.6 Å².